The highest BCUT2D eigenvalue weighted by Gasteiger charge is 2.15. The van der Waals surface area contributed by atoms with Crippen LogP contribution < -0.4 is 16.2 Å². The molecule has 2 heterocycles. The summed E-state index contributed by atoms with van der Waals surface area (Å²) in [5.41, 5.74) is 12.7. The number of hydrogen-bond acceptors (Lipinski definition) is 7. The van der Waals surface area contributed by atoms with Gasteiger partial charge < -0.3 is 16.2 Å². The first kappa shape index (κ1) is 19.9. The van der Waals surface area contributed by atoms with Gasteiger partial charge in [0.1, 0.15) is 11.4 Å². The van der Waals surface area contributed by atoms with Gasteiger partial charge in [-0.15, -0.1) is 0 Å². The number of carbonyl (C=O) groups is 2. The van der Waals surface area contributed by atoms with Gasteiger partial charge in [0.2, 0.25) is 11.8 Å². The third kappa shape index (κ3) is 5.10. The van der Waals surface area contributed by atoms with Crippen molar-refractivity contribution in [3.8, 4) is 23.0 Å². The van der Waals surface area contributed by atoms with E-state index in [9.17, 15) is 9.59 Å². The maximum atomic E-state index is 11.6. The summed E-state index contributed by atoms with van der Waals surface area (Å²) in [5, 5.41) is 0. The van der Waals surface area contributed by atoms with Gasteiger partial charge in [0, 0.05) is 23.6 Å². The Kier molecular flexibility index (Phi) is 5.77. The SMILES string of the molecule is Cc1cnc(Oc2ccc(-c3nc(C[C@@H](C)C(N)=O)cc(C(N)=O)n3)cc2)cn1. The van der Waals surface area contributed by atoms with E-state index in [1.807, 2.05) is 6.92 Å². The normalized spacial score (nSPS) is 11.7. The van der Waals surface area contributed by atoms with Crippen LogP contribution in [-0.2, 0) is 11.2 Å². The molecule has 0 unspecified atom stereocenters. The van der Waals surface area contributed by atoms with Gasteiger partial charge in [-0.05, 0) is 37.3 Å². The fourth-order valence-electron chi connectivity index (χ4n) is 2.50. The number of hydrogen-bond donors (Lipinski definition) is 2. The lowest BCUT2D eigenvalue weighted by atomic mass is 10.0. The van der Waals surface area contributed by atoms with E-state index in [2.05, 4.69) is 19.9 Å². The number of rotatable bonds is 7. The highest BCUT2D eigenvalue weighted by Crippen LogP contribution is 2.23. The van der Waals surface area contributed by atoms with Crippen molar-refractivity contribution in [3.63, 3.8) is 0 Å². The van der Waals surface area contributed by atoms with Crippen LogP contribution in [0.4, 0.5) is 0 Å². The van der Waals surface area contributed by atoms with E-state index in [0.29, 0.717) is 28.7 Å². The van der Waals surface area contributed by atoms with E-state index in [0.717, 1.165) is 5.69 Å². The van der Waals surface area contributed by atoms with Gasteiger partial charge in [0.15, 0.2) is 5.82 Å². The van der Waals surface area contributed by atoms with Crippen molar-refractivity contribution >= 4 is 11.8 Å². The standard InChI is InChI=1S/C20H20N6O3/c1-11(18(21)27)7-14-8-16(19(22)28)26-20(25-14)13-3-5-15(6-4-13)29-17-10-23-12(2)9-24-17/h3-6,8-11H,7H2,1-2H3,(H2,21,27)(H2,22,28)/t11-/m1/s1. The first-order valence-corrected chi connectivity index (χ1v) is 8.86. The number of ether oxygens (including phenoxy) is 1. The summed E-state index contributed by atoms with van der Waals surface area (Å²) < 4.78 is 5.65. The minimum atomic E-state index is -0.681. The van der Waals surface area contributed by atoms with Crippen molar-refractivity contribution in [1.29, 1.82) is 0 Å². The summed E-state index contributed by atoms with van der Waals surface area (Å²) >= 11 is 0. The molecule has 9 heteroatoms. The molecule has 0 fully saturated rings. The predicted molar refractivity (Wildman–Crippen MR) is 105 cm³/mol. The van der Waals surface area contributed by atoms with Gasteiger partial charge in [-0.25, -0.2) is 15.0 Å². The van der Waals surface area contributed by atoms with E-state index < -0.39 is 17.7 Å². The number of amides is 2. The monoisotopic (exact) mass is 392 g/mol. The second kappa shape index (κ2) is 8.42. The molecule has 3 rings (SSSR count). The predicted octanol–water partition coefficient (Wildman–Crippen LogP) is 1.80. The van der Waals surface area contributed by atoms with Gasteiger partial charge in [-0.3, -0.25) is 14.6 Å². The van der Waals surface area contributed by atoms with Crippen LogP contribution in [0.15, 0.2) is 42.7 Å². The Balaban J connectivity index is 1.86. The van der Waals surface area contributed by atoms with Crippen LogP contribution in [0, 0.1) is 12.8 Å². The van der Waals surface area contributed by atoms with Crippen LogP contribution in [-0.4, -0.2) is 31.8 Å². The van der Waals surface area contributed by atoms with Crippen LogP contribution in [0.5, 0.6) is 11.6 Å². The fraction of sp³-hybridized carbons (Fsp3) is 0.200. The lowest BCUT2D eigenvalue weighted by molar-refractivity contribution is -0.121. The van der Waals surface area contributed by atoms with Gasteiger partial charge in [0.25, 0.3) is 5.91 Å². The Hall–Kier alpha value is -3.88. The van der Waals surface area contributed by atoms with Gasteiger partial charge in [0.05, 0.1) is 18.1 Å². The van der Waals surface area contributed by atoms with Crippen molar-refractivity contribution < 1.29 is 14.3 Å². The van der Waals surface area contributed by atoms with Crippen molar-refractivity contribution in [2.24, 2.45) is 17.4 Å². The molecule has 2 amide bonds. The van der Waals surface area contributed by atoms with Crippen molar-refractivity contribution in [2.45, 2.75) is 20.3 Å². The molecule has 0 aliphatic rings. The zero-order valence-corrected chi connectivity index (χ0v) is 16.0. The minimum absolute atomic E-state index is 0.0666. The van der Waals surface area contributed by atoms with Crippen LogP contribution in [0.25, 0.3) is 11.4 Å². The summed E-state index contributed by atoms with van der Waals surface area (Å²) in [4.78, 5) is 39.9. The third-order valence-corrected chi connectivity index (χ3v) is 4.12. The summed E-state index contributed by atoms with van der Waals surface area (Å²) in [6, 6.07) is 8.42. The molecule has 4 N–H and O–H groups in total. The number of carbonyl (C=O) groups excluding carboxylic acids is 2. The quantitative estimate of drug-likeness (QED) is 0.623. The molecule has 148 valence electrons. The lowest BCUT2D eigenvalue weighted by Crippen LogP contribution is -2.23. The van der Waals surface area contributed by atoms with Gasteiger partial charge >= 0.3 is 0 Å². The summed E-state index contributed by atoms with van der Waals surface area (Å²) in [6.07, 6.45) is 3.43. The van der Waals surface area contributed by atoms with Gasteiger partial charge in [-0.2, -0.15) is 0 Å². The summed E-state index contributed by atoms with van der Waals surface area (Å²) in [5.74, 6) is -0.330. The van der Waals surface area contributed by atoms with E-state index in [-0.39, 0.29) is 12.1 Å². The third-order valence-electron chi connectivity index (χ3n) is 4.12. The number of aromatic nitrogens is 4. The zero-order chi connectivity index (χ0) is 21.0. The molecule has 1 atom stereocenters. The first-order chi connectivity index (χ1) is 13.8. The number of aryl methyl sites for hydroxylation is 1. The number of primary amides is 2. The van der Waals surface area contributed by atoms with E-state index in [1.54, 1.807) is 37.4 Å². The average Bonchev–Trinajstić information content (AvgIpc) is 2.70. The molecule has 29 heavy (non-hydrogen) atoms. The molecule has 0 bridgehead atoms. The smallest absolute Gasteiger partial charge is 0.267 e. The molecule has 0 aliphatic heterocycles. The second-order valence-electron chi connectivity index (χ2n) is 6.56. The average molecular weight is 392 g/mol. The molecule has 0 saturated carbocycles. The Morgan fingerprint density at radius 1 is 1.07 bits per heavy atom. The molecule has 0 spiro atoms. The van der Waals surface area contributed by atoms with E-state index in [1.165, 1.54) is 12.3 Å². The maximum Gasteiger partial charge on any atom is 0.267 e. The highest BCUT2D eigenvalue weighted by atomic mass is 16.5. The first-order valence-electron chi connectivity index (χ1n) is 8.86. The molecular formula is C20H20N6O3. The van der Waals surface area contributed by atoms with Crippen molar-refractivity contribution in [2.75, 3.05) is 0 Å². The minimum Gasteiger partial charge on any atom is -0.438 e. The Labute approximate surface area is 167 Å². The zero-order valence-electron chi connectivity index (χ0n) is 16.0. The van der Waals surface area contributed by atoms with Gasteiger partial charge in [-0.1, -0.05) is 6.92 Å². The van der Waals surface area contributed by atoms with Crippen LogP contribution in [0.3, 0.4) is 0 Å². The molecule has 9 nitrogen and oxygen atoms in total. The summed E-state index contributed by atoms with van der Waals surface area (Å²) in [7, 11) is 0. The largest absolute Gasteiger partial charge is 0.438 e. The molecule has 0 radical (unpaired) electrons. The van der Waals surface area contributed by atoms with Crippen LogP contribution >= 0.6 is 0 Å². The van der Waals surface area contributed by atoms with E-state index >= 15 is 0 Å². The van der Waals surface area contributed by atoms with Crippen molar-refractivity contribution in [3.05, 3.63) is 59.8 Å². The maximum absolute atomic E-state index is 11.6. The molecule has 0 saturated heterocycles. The van der Waals surface area contributed by atoms with Crippen molar-refractivity contribution in [1.82, 2.24) is 19.9 Å². The lowest BCUT2D eigenvalue weighted by Gasteiger charge is -2.10. The second-order valence-corrected chi connectivity index (χ2v) is 6.56. The van der Waals surface area contributed by atoms with Crippen LogP contribution in [0.1, 0.15) is 28.8 Å². The molecule has 0 aliphatic carbocycles. The molecule has 1 aromatic carbocycles. The van der Waals surface area contributed by atoms with E-state index in [4.69, 9.17) is 16.2 Å². The van der Waals surface area contributed by atoms with Crippen LogP contribution in [0.2, 0.25) is 0 Å². The Morgan fingerprint density at radius 3 is 2.38 bits per heavy atom. The Bertz CT molecular complexity index is 1040. The fourth-order valence-corrected chi connectivity index (χ4v) is 2.50. The molecule has 3 aromatic rings. The molecular weight excluding hydrogens is 372 g/mol. The number of nitrogens with two attached hydrogens (primary N) is 2. The molecule has 2 aromatic heterocycles. The number of nitrogens with zero attached hydrogens (tertiary/aromatic N) is 4. The summed E-state index contributed by atoms with van der Waals surface area (Å²) in [6.45, 7) is 3.53. The topological polar surface area (TPSA) is 147 Å². The Morgan fingerprint density at radius 2 is 1.79 bits per heavy atom. The highest BCUT2D eigenvalue weighted by molar-refractivity contribution is 5.91. The number of benzene rings is 1.